The molecule has 1 aliphatic heterocycles. The number of amides is 1. The molecule has 1 atom stereocenters. The highest BCUT2D eigenvalue weighted by Gasteiger charge is 2.30. The van der Waals surface area contributed by atoms with Crippen molar-refractivity contribution in [3.8, 4) is 5.75 Å². The zero-order valence-electron chi connectivity index (χ0n) is 15.3. The molecular formula is C19H23N3O5. The van der Waals surface area contributed by atoms with E-state index in [2.05, 4.69) is 10.4 Å². The van der Waals surface area contributed by atoms with Gasteiger partial charge in [-0.05, 0) is 51.0 Å². The second kappa shape index (κ2) is 7.79. The molecule has 8 nitrogen and oxygen atoms in total. The van der Waals surface area contributed by atoms with Crippen LogP contribution in [0, 0.1) is 0 Å². The van der Waals surface area contributed by atoms with Crippen molar-refractivity contribution in [1.82, 2.24) is 9.78 Å². The molecule has 3 rings (SSSR count). The van der Waals surface area contributed by atoms with Gasteiger partial charge in [0, 0.05) is 18.4 Å². The zero-order chi connectivity index (χ0) is 19.4. The van der Waals surface area contributed by atoms with Crippen molar-refractivity contribution in [2.45, 2.75) is 38.3 Å². The van der Waals surface area contributed by atoms with E-state index in [4.69, 9.17) is 9.47 Å². The summed E-state index contributed by atoms with van der Waals surface area (Å²) >= 11 is 0. The summed E-state index contributed by atoms with van der Waals surface area (Å²) in [5.41, 5.74) is -0.317. The first-order valence-corrected chi connectivity index (χ1v) is 8.80. The average Bonchev–Trinajstić information content (AvgIpc) is 3.32. The van der Waals surface area contributed by atoms with E-state index in [1.165, 1.54) is 30.9 Å². The van der Waals surface area contributed by atoms with Crippen molar-refractivity contribution in [2.75, 3.05) is 18.5 Å². The standard InChI is InChI=1S/C19H23N3O5/c1-19(2,18(24)25)22-11-14(10-20-22)21-17(23)13-5-7-15(8-6-13)27-12-16-4-3-9-26-16/h5-8,10-11,16H,3-4,9,12H2,1-2H3,(H,21,23)(H,24,25). The van der Waals surface area contributed by atoms with Crippen LogP contribution >= 0.6 is 0 Å². The summed E-state index contributed by atoms with van der Waals surface area (Å²) in [6.07, 6.45) is 5.12. The number of nitrogens with one attached hydrogen (secondary N) is 1. The molecule has 0 bridgehead atoms. The van der Waals surface area contributed by atoms with Crippen molar-refractivity contribution in [3.63, 3.8) is 0 Å². The maximum Gasteiger partial charge on any atom is 0.331 e. The number of hydrogen-bond acceptors (Lipinski definition) is 5. The highest BCUT2D eigenvalue weighted by molar-refractivity contribution is 6.04. The number of rotatable bonds is 7. The molecule has 0 radical (unpaired) electrons. The molecule has 1 fully saturated rings. The monoisotopic (exact) mass is 373 g/mol. The minimum atomic E-state index is -1.20. The van der Waals surface area contributed by atoms with Crippen LogP contribution in [0.3, 0.4) is 0 Å². The number of ether oxygens (including phenoxy) is 2. The summed E-state index contributed by atoms with van der Waals surface area (Å²) in [4.78, 5) is 23.6. The zero-order valence-corrected chi connectivity index (χ0v) is 15.3. The molecule has 2 N–H and O–H groups in total. The third-order valence-electron chi connectivity index (χ3n) is 4.51. The van der Waals surface area contributed by atoms with Gasteiger partial charge in [-0.15, -0.1) is 0 Å². The minimum absolute atomic E-state index is 0.138. The van der Waals surface area contributed by atoms with E-state index in [0.29, 0.717) is 23.6 Å². The van der Waals surface area contributed by atoms with E-state index >= 15 is 0 Å². The van der Waals surface area contributed by atoms with E-state index in [1.54, 1.807) is 24.3 Å². The molecule has 1 unspecified atom stereocenters. The van der Waals surface area contributed by atoms with Gasteiger partial charge in [0.25, 0.3) is 5.91 Å². The van der Waals surface area contributed by atoms with Gasteiger partial charge >= 0.3 is 5.97 Å². The Labute approximate surface area is 157 Å². The highest BCUT2D eigenvalue weighted by atomic mass is 16.5. The Morgan fingerprint density at radius 1 is 1.37 bits per heavy atom. The molecule has 1 saturated heterocycles. The molecule has 27 heavy (non-hydrogen) atoms. The van der Waals surface area contributed by atoms with Gasteiger partial charge < -0.3 is 19.9 Å². The number of carboxylic acid groups (broad SMARTS) is 1. The Morgan fingerprint density at radius 2 is 2.11 bits per heavy atom. The van der Waals surface area contributed by atoms with Crippen LogP contribution in [0.4, 0.5) is 5.69 Å². The first kappa shape index (κ1) is 18.9. The van der Waals surface area contributed by atoms with Gasteiger partial charge in [0.2, 0.25) is 0 Å². The molecule has 1 aliphatic rings. The summed E-state index contributed by atoms with van der Waals surface area (Å²) in [7, 11) is 0. The summed E-state index contributed by atoms with van der Waals surface area (Å²) in [5.74, 6) is -0.645. The van der Waals surface area contributed by atoms with Crippen LogP contribution in [0.25, 0.3) is 0 Å². The maximum atomic E-state index is 12.4. The van der Waals surface area contributed by atoms with Gasteiger partial charge in [-0.1, -0.05) is 0 Å². The molecule has 0 aliphatic carbocycles. The number of benzene rings is 1. The Hall–Kier alpha value is -2.87. The Morgan fingerprint density at radius 3 is 2.74 bits per heavy atom. The molecule has 0 saturated carbocycles. The van der Waals surface area contributed by atoms with Gasteiger partial charge in [0.15, 0.2) is 5.54 Å². The van der Waals surface area contributed by atoms with Crippen molar-refractivity contribution < 1.29 is 24.2 Å². The predicted molar refractivity (Wildman–Crippen MR) is 98.0 cm³/mol. The maximum absolute atomic E-state index is 12.4. The van der Waals surface area contributed by atoms with E-state index in [9.17, 15) is 14.7 Å². The fraction of sp³-hybridized carbons (Fsp3) is 0.421. The van der Waals surface area contributed by atoms with Crippen LogP contribution in [0.5, 0.6) is 5.75 Å². The van der Waals surface area contributed by atoms with Crippen LogP contribution in [-0.2, 0) is 15.1 Å². The first-order chi connectivity index (χ1) is 12.9. The SMILES string of the molecule is CC(C)(C(=O)O)n1cc(NC(=O)c2ccc(OCC3CCCO3)cc2)cn1. The molecule has 2 aromatic rings. The van der Waals surface area contributed by atoms with Crippen LogP contribution < -0.4 is 10.1 Å². The summed E-state index contributed by atoms with van der Waals surface area (Å²) in [5, 5.41) is 16.0. The lowest BCUT2D eigenvalue weighted by Crippen LogP contribution is -2.35. The molecule has 2 heterocycles. The lowest BCUT2D eigenvalue weighted by Gasteiger charge is -2.19. The molecule has 0 spiro atoms. The summed E-state index contributed by atoms with van der Waals surface area (Å²) in [6.45, 7) is 4.35. The molecule has 1 aromatic carbocycles. The second-order valence-electron chi connectivity index (χ2n) is 6.96. The number of hydrogen-bond donors (Lipinski definition) is 2. The van der Waals surface area contributed by atoms with Gasteiger partial charge in [-0.2, -0.15) is 5.10 Å². The van der Waals surface area contributed by atoms with E-state index in [-0.39, 0.29) is 12.0 Å². The largest absolute Gasteiger partial charge is 0.491 e. The minimum Gasteiger partial charge on any atom is -0.491 e. The molecule has 1 aromatic heterocycles. The third kappa shape index (κ3) is 4.46. The number of aromatic nitrogens is 2. The fourth-order valence-electron chi connectivity index (χ4n) is 2.66. The second-order valence-corrected chi connectivity index (χ2v) is 6.96. The number of anilines is 1. The van der Waals surface area contributed by atoms with E-state index in [0.717, 1.165) is 19.4 Å². The molecular weight excluding hydrogens is 350 g/mol. The number of nitrogens with zero attached hydrogens (tertiary/aromatic N) is 2. The van der Waals surface area contributed by atoms with Crippen LogP contribution in [0.1, 0.15) is 37.0 Å². The Balaban J connectivity index is 1.58. The highest BCUT2D eigenvalue weighted by Crippen LogP contribution is 2.19. The third-order valence-corrected chi connectivity index (χ3v) is 4.51. The van der Waals surface area contributed by atoms with Crippen molar-refractivity contribution in [2.24, 2.45) is 0 Å². The Kier molecular flexibility index (Phi) is 5.46. The van der Waals surface area contributed by atoms with Crippen molar-refractivity contribution in [1.29, 1.82) is 0 Å². The predicted octanol–water partition coefficient (Wildman–Crippen LogP) is 2.51. The smallest absolute Gasteiger partial charge is 0.331 e. The van der Waals surface area contributed by atoms with Gasteiger partial charge in [0.1, 0.15) is 12.4 Å². The lowest BCUT2D eigenvalue weighted by atomic mass is 10.1. The van der Waals surface area contributed by atoms with Crippen LogP contribution in [0.15, 0.2) is 36.7 Å². The quantitative estimate of drug-likeness (QED) is 0.773. The van der Waals surface area contributed by atoms with Gasteiger partial charge in [-0.25, -0.2) is 4.79 Å². The van der Waals surface area contributed by atoms with Gasteiger partial charge in [0.05, 0.1) is 18.0 Å². The van der Waals surface area contributed by atoms with Crippen LogP contribution in [0.2, 0.25) is 0 Å². The number of carboxylic acids is 1. The van der Waals surface area contributed by atoms with Gasteiger partial charge in [-0.3, -0.25) is 9.48 Å². The van der Waals surface area contributed by atoms with Crippen molar-refractivity contribution in [3.05, 3.63) is 42.2 Å². The average molecular weight is 373 g/mol. The summed E-state index contributed by atoms with van der Waals surface area (Å²) in [6, 6.07) is 6.82. The molecule has 8 heteroatoms. The molecule has 144 valence electrons. The first-order valence-electron chi connectivity index (χ1n) is 8.80. The van der Waals surface area contributed by atoms with Crippen molar-refractivity contribution >= 4 is 17.6 Å². The fourth-order valence-corrected chi connectivity index (χ4v) is 2.66. The number of aliphatic carboxylic acids is 1. The molecule has 1 amide bonds. The Bertz CT molecular complexity index is 807. The van der Waals surface area contributed by atoms with E-state index < -0.39 is 11.5 Å². The lowest BCUT2D eigenvalue weighted by molar-refractivity contribution is -0.146. The topological polar surface area (TPSA) is 103 Å². The van der Waals surface area contributed by atoms with Crippen LogP contribution in [-0.4, -0.2) is 46.1 Å². The van der Waals surface area contributed by atoms with E-state index in [1.807, 2.05) is 0 Å². The number of carbonyl (C=O) groups excluding carboxylic acids is 1. The number of carbonyl (C=O) groups is 2. The summed E-state index contributed by atoms with van der Waals surface area (Å²) < 4.78 is 12.5. The normalized spacial score (nSPS) is 16.9.